The molecule has 0 heterocycles. The van der Waals surface area contributed by atoms with Crippen molar-refractivity contribution in [2.45, 2.75) is 27.2 Å². The molecular weight excluding hydrogens is 144 g/mol. The van der Waals surface area contributed by atoms with Crippen LogP contribution in [0.2, 0.25) is 0 Å². The summed E-state index contributed by atoms with van der Waals surface area (Å²) in [6.07, 6.45) is 5.47. The fraction of sp³-hybridized carbons (Fsp3) is 0.333. The third-order valence-electron chi connectivity index (χ3n) is 1.79. The Balaban J connectivity index is 2.93. The smallest absolute Gasteiger partial charge is 0.0255 e. The topological polar surface area (TPSA) is 0 Å². The van der Waals surface area contributed by atoms with Crippen molar-refractivity contribution < 1.29 is 0 Å². The lowest BCUT2D eigenvalue weighted by molar-refractivity contribution is 1.23. The lowest BCUT2D eigenvalue weighted by atomic mass is 10.1. The average molecular weight is 160 g/mol. The van der Waals surface area contributed by atoms with Crippen molar-refractivity contribution in [3.8, 4) is 0 Å². The first kappa shape index (κ1) is 9.05. The zero-order valence-corrected chi connectivity index (χ0v) is 8.09. The van der Waals surface area contributed by atoms with Gasteiger partial charge in [-0.1, -0.05) is 48.4 Å². The minimum absolute atomic E-state index is 1.10. The SMILES string of the molecule is CC/C=C\c1cc(C)cc(C)c1. The minimum atomic E-state index is 1.10. The normalized spacial score (nSPS) is 10.9. The third-order valence-corrected chi connectivity index (χ3v) is 1.79. The van der Waals surface area contributed by atoms with Gasteiger partial charge in [-0.2, -0.15) is 0 Å². The van der Waals surface area contributed by atoms with Gasteiger partial charge in [0.1, 0.15) is 0 Å². The Kier molecular flexibility index (Phi) is 3.09. The zero-order valence-electron chi connectivity index (χ0n) is 8.09. The molecule has 0 aliphatic carbocycles. The second-order valence-corrected chi connectivity index (χ2v) is 3.23. The van der Waals surface area contributed by atoms with Gasteiger partial charge in [0.25, 0.3) is 0 Å². The van der Waals surface area contributed by atoms with Gasteiger partial charge in [0.15, 0.2) is 0 Å². The molecule has 0 aliphatic heterocycles. The maximum atomic E-state index is 2.21. The first-order valence-corrected chi connectivity index (χ1v) is 4.47. The summed E-state index contributed by atoms with van der Waals surface area (Å²) in [5.74, 6) is 0. The molecule has 0 aliphatic rings. The van der Waals surface area contributed by atoms with Crippen LogP contribution in [0.25, 0.3) is 6.08 Å². The van der Waals surface area contributed by atoms with E-state index in [0.717, 1.165) is 6.42 Å². The predicted molar refractivity (Wildman–Crippen MR) is 55.2 cm³/mol. The van der Waals surface area contributed by atoms with Crippen molar-refractivity contribution >= 4 is 6.08 Å². The summed E-state index contributed by atoms with van der Waals surface area (Å²) in [6, 6.07) is 6.61. The van der Waals surface area contributed by atoms with Crippen molar-refractivity contribution in [1.82, 2.24) is 0 Å². The molecule has 0 nitrogen and oxygen atoms in total. The molecule has 1 aromatic rings. The molecule has 0 fully saturated rings. The van der Waals surface area contributed by atoms with E-state index < -0.39 is 0 Å². The molecule has 0 N–H and O–H groups in total. The molecule has 0 amide bonds. The van der Waals surface area contributed by atoms with Crippen LogP contribution >= 0.6 is 0 Å². The Hall–Kier alpha value is -1.04. The molecule has 0 bridgehead atoms. The number of rotatable bonds is 2. The fourth-order valence-corrected chi connectivity index (χ4v) is 1.36. The van der Waals surface area contributed by atoms with Crippen molar-refractivity contribution in [3.05, 3.63) is 41.0 Å². The Morgan fingerprint density at radius 1 is 1.08 bits per heavy atom. The molecule has 0 radical (unpaired) electrons. The van der Waals surface area contributed by atoms with Gasteiger partial charge in [0.2, 0.25) is 0 Å². The molecule has 0 saturated heterocycles. The van der Waals surface area contributed by atoms with Gasteiger partial charge in [-0.25, -0.2) is 0 Å². The number of hydrogen-bond donors (Lipinski definition) is 0. The van der Waals surface area contributed by atoms with Gasteiger partial charge in [-0.3, -0.25) is 0 Å². The van der Waals surface area contributed by atoms with Crippen LogP contribution in [0, 0.1) is 13.8 Å². The number of hydrogen-bond acceptors (Lipinski definition) is 0. The van der Waals surface area contributed by atoms with Gasteiger partial charge in [0, 0.05) is 0 Å². The molecule has 1 aromatic carbocycles. The van der Waals surface area contributed by atoms with Gasteiger partial charge in [-0.15, -0.1) is 0 Å². The minimum Gasteiger partial charge on any atom is -0.0842 e. The highest BCUT2D eigenvalue weighted by atomic mass is 14.0. The van der Waals surface area contributed by atoms with Gasteiger partial charge in [-0.05, 0) is 25.8 Å². The van der Waals surface area contributed by atoms with E-state index in [9.17, 15) is 0 Å². The molecule has 0 aromatic heterocycles. The predicted octanol–water partition coefficient (Wildman–Crippen LogP) is 3.73. The number of aryl methyl sites for hydroxylation is 2. The first-order chi connectivity index (χ1) is 5.72. The van der Waals surface area contributed by atoms with Gasteiger partial charge < -0.3 is 0 Å². The van der Waals surface area contributed by atoms with Crippen LogP contribution in [0.15, 0.2) is 24.3 Å². The van der Waals surface area contributed by atoms with Gasteiger partial charge >= 0.3 is 0 Å². The number of benzene rings is 1. The van der Waals surface area contributed by atoms with Gasteiger partial charge in [0.05, 0.1) is 0 Å². The second-order valence-electron chi connectivity index (χ2n) is 3.23. The van der Waals surface area contributed by atoms with E-state index in [4.69, 9.17) is 0 Å². The van der Waals surface area contributed by atoms with E-state index >= 15 is 0 Å². The van der Waals surface area contributed by atoms with Crippen molar-refractivity contribution in [3.63, 3.8) is 0 Å². The highest BCUT2D eigenvalue weighted by Gasteiger charge is 1.90. The van der Waals surface area contributed by atoms with Crippen LogP contribution in [0.1, 0.15) is 30.0 Å². The fourth-order valence-electron chi connectivity index (χ4n) is 1.36. The molecule has 64 valence electrons. The van der Waals surface area contributed by atoms with Crippen LogP contribution in [0.5, 0.6) is 0 Å². The van der Waals surface area contributed by atoms with Crippen LogP contribution in [-0.4, -0.2) is 0 Å². The van der Waals surface area contributed by atoms with E-state index in [1.165, 1.54) is 16.7 Å². The van der Waals surface area contributed by atoms with E-state index in [1.54, 1.807) is 0 Å². The zero-order chi connectivity index (χ0) is 8.97. The van der Waals surface area contributed by atoms with Crippen molar-refractivity contribution in [2.75, 3.05) is 0 Å². The Morgan fingerprint density at radius 3 is 2.17 bits per heavy atom. The summed E-state index contributed by atoms with van der Waals surface area (Å²) in [5, 5.41) is 0. The largest absolute Gasteiger partial charge is 0.0842 e. The van der Waals surface area contributed by atoms with Crippen LogP contribution in [-0.2, 0) is 0 Å². The summed E-state index contributed by atoms with van der Waals surface area (Å²) in [4.78, 5) is 0. The quantitative estimate of drug-likeness (QED) is 0.618. The lowest BCUT2D eigenvalue weighted by Crippen LogP contribution is -1.79. The molecule has 12 heavy (non-hydrogen) atoms. The maximum absolute atomic E-state index is 2.21. The Labute approximate surface area is 74.9 Å². The number of allylic oxidation sites excluding steroid dienone is 1. The first-order valence-electron chi connectivity index (χ1n) is 4.47. The summed E-state index contributed by atoms with van der Waals surface area (Å²) in [6.45, 7) is 6.42. The van der Waals surface area contributed by atoms with E-state index in [1.807, 2.05) is 0 Å². The van der Waals surface area contributed by atoms with Crippen molar-refractivity contribution in [1.29, 1.82) is 0 Å². The molecule has 0 heteroatoms. The molecule has 0 spiro atoms. The summed E-state index contributed by atoms with van der Waals surface area (Å²) < 4.78 is 0. The molecular formula is C12H16. The monoisotopic (exact) mass is 160 g/mol. The maximum Gasteiger partial charge on any atom is -0.0255 e. The second kappa shape index (κ2) is 4.10. The van der Waals surface area contributed by atoms with E-state index in [-0.39, 0.29) is 0 Å². The van der Waals surface area contributed by atoms with Crippen LogP contribution in [0.3, 0.4) is 0 Å². The van der Waals surface area contributed by atoms with Crippen molar-refractivity contribution in [2.24, 2.45) is 0 Å². The van der Waals surface area contributed by atoms with Crippen LogP contribution < -0.4 is 0 Å². The highest BCUT2D eigenvalue weighted by Crippen LogP contribution is 2.10. The lowest BCUT2D eigenvalue weighted by Gasteiger charge is -1.99. The molecule has 1 rings (SSSR count). The molecule has 0 saturated carbocycles. The summed E-state index contributed by atoms with van der Waals surface area (Å²) in [7, 11) is 0. The van der Waals surface area contributed by atoms with Crippen LogP contribution in [0.4, 0.5) is 0 Å². The standard InChI is InChI=1S/C12H16/c1-4-5-6-12-8-10(2)7-11(3)9-12/h5-9H,4H2,1-3H3/b6-5-. The highest BCUT2D eigenvalue weighted by molar-refractivity contribution is 5.51. The van der Waals surface area contributed by atoms with E-state index in [0.29, 0.717) is 0 Å². The Morgan fingerprint density at radius 2 is 1.67 bits per heavy atom. The summed E-state index contributed by atoms with van der Waals surface area (Å²) >= 11 is 0. The van der Waals surface area contributed by atoms with E-state index in [2.05, 4.69) is 51.1 Å². The average Bonchev–Trinajstić information content (AvgIpc) is 1.99. The Bertz CT molecular complexity index is 262. The third kappa shape index (κ3) is 2.54. The molecule has 0 atom stereocenters. The summed E-state index contributed by atoms with van der Waals surface area (Å²) in [5.41, 5.74) is 3.99. The molecule has 0 unspecified atom stereocenters.